The van der Waals surface area contributed by atoms with Crippen molar-refractivity contribution in [2.75, 3.05) is 0 Å². The molecule has 1 aromatic carbocycles. The first-order valence-electron chi connectivity index (χ1n) is 4.02. The highest BCUT2D eigenvalue weighted by atomic mass is 16.6. The van der Waals surface area contributed by atoms with Crippen LogP contribution in [0.1, 0.15) is 5.56 Å². The van der Waals surface area contributed by atoms with Crippen LogP contribution >= 0.6 is 0 Å². The predicted molar refractivity (Wildman–Crippen MR) is 55.0 cm³/mol. The predicted octanol–water partition coefficient (Wildman–Crippen LogP) is -1.72. The number of nitro groups is 1. The Bertz CT molecular complexity index is 423. The Kier molecular flexibility index (Phi) is 3.33. The highest BCUT2D eigenvalue weighted by Crippen LogP contribution is 2.13. The first-order valence-corrected chi connectivity index (χ1v) is 4.02. The lowest BCUT2D eigenvalue weighted by atomic mass is 10.2. The lowest BCUT2D eigenvalue weighted by molar-refractivity contribution is -0.457. The van der Waals surface area contributed by atoms with Crippen molar-refractivity contribution in [1.29, 1.82) is 0 Å². The molecular weight excluding hydrogens is 198 g/mol. The molecule has 0 aliphatic rings. The summed E-state index contributed by atoms with van der Waals surface area (Å²) in [6.07, 6.45) is 1.35. The first-order chi connectivity index (χ1) is 7.11. The molecule has 0 radical (unpaired) electrons. The number of guanidine groups is 1. The number of rotatable bonds is 3. The summed E-state index contributed by atoms with van der Waals surface area (Å²) in [6.45, 7) is 0. The standard InChI is InChI=1S/C8H9N5O2/c9-8(10)12-11-5-6-3-1-2-4-7(6)13(14)15/h1-5H,(H4,9,10,12)/p+1. The smallest absolute Gasteiger partial charge is 0.282 e. The van der Waals surface area contributed by atoms with Crippen LogP contribution in [0.3, 0.4) is 0 Å². The van der Waals surface area contributed by atoms with E-state index in [0.717, 1.165) is 0 Å². The largest absolute Gasteiger partial charge is 0.365 e. The molecule has 5 N–H and O–H groups in total. The van der Waals surface area contributed by atoms with E-state index in [-0.39, 0.29) is 11.6 Å². The molecule has 0 heterocycles. The Balaban J connectivity index is 2.99. The number of hydrogen-bond donors (Lipinski definition) is 3. The number of nitro benzene ring substituents is 1. The van der Waals surface area contributed by atoms with Crippen molar-refractivity contribution in [3.8, 4) is 0 Å². The van der Waals surface area contributed by atoms with Gasteiger partial charge < -0.3 is 11.5 Å². The van der Waals surface area contributed by atoms with Crippen molar-refractivity contribution in [3.05, 3.63) is 39.9 Å². The van der Waals surface area contributed by atoms with E-state index in [0.29, 0.717) is 5.56 Å². The van der Waals surface area contributed by atoms with Gasteiger partial charge in [0.15, 0.2) is 0 Å². The molecule has 0 fully saturated rings. The average molecular weight is 208 g/mol. The van der Waals surface area contributed by atoms with Crippen molar-refractivity contribution < 1.29 is 10.0 Å². The van der Waals surface area contributed by atoms with Crippen molar-refractivity contribution in [1.82, 2.24) is 0 Å². The fourth-order valence-corrected chi connectivity index (χ4v) is 0.952. The summed E-state index contributed by atoms with van der Waals surface area (Å²) < 4.78 is 0. The van der Waals surface area contributed by atoms with Crippen LogP contribution in [0.5, 0.6) is 0 Å². The number of nitrogens with one attached hydrogen (secondary N) is 1. The second-order valence-corrected chi connectivity index (χ2v) is 2.63. The number of para-hydroxylation sites is 1. The van der Waals surface area contributed by atoms with Gasteiger partial charge in [-0.25, -0.2) is 0 Å². The minimum absolute atomic E-state index is 0.0178. The second kappa shape index (κ2) is 4.70. The topological polar surface area (TPSA) is 122 Å². The van der Waals surface area contributed by atoms with E-state index in [1.807, 2.05) is 0 Å². The molecule has 7 nitrogen and oxygen atoms in total. The van der Waals surface area contributed by atoms with Crippen LogP contribution in [0.4, 0.5) is 5.69 Å². The molecule has 15 heavy (non-hydrogen) atoms. The van der Waals surface area contributed by atoms with Gasteiger partial charge in [-0.15, -0.1) is 5.10 Å². The summed E-state index contributed by atoms with van der Waals surface area (Å²) in [4.78, 5) is 10.1. The van der Waals surface area contributed by atoms with E-state index in [9.17, 15) is 10.1 Å². The highest BCUT2D eigenvalue weighted by Gasteiger charge is 2.11. The fraction of sp³-hybridized carbons (Fsp3) is 0. The molecule has 0 saturated carbocycles. The Hall–Kier alpha value is -2.44. The minimum atomic E-state index is -0.483. The molecule has 78 valence electrons. The molecule has 0 aliphatic heterocycles. The van der Waals surface area contributed by atoms with Gasteiger partial charge in [0.1, 0.15) is 5.56 Å². The second-order valence-electron chi connectivity index (χ2n) is 2.63. The number of nitrogens with zero attached hydrogens (tertiary/aromatic N) is 2. The summed E-state index contributed by atoms with van der Waals surface area (Å²) in [7, 11) is 0. The van der Waals surface area contributed by atoms with E-state index in [1.54, 1.807) is 18.2 Å². The molecule has 1 aromatic rings. The van der Waals surface area contributed by atoms with Crippen LogP contribution in [0.15, 0.2) is 29.4 Å². The molecule has 0 spiro atoms. The molecule has 0 bridgehead atoms. The Morgan fingerprint density at radius 1 is 1.47 bits per heavy atom. The molecule has 0 aromatic heterocycles. The summed E-state index contributed by atoms with van der Waals surface area (Å²) in [5.74, 6) is -0.148. The third-order valence-corrected chi connectivity index (χ3v) is 1.55. The van der Waals surface area contributed by atoms with E-state index in [4.69, 9.17) is 11.5 Å². The number of hydrogen-bond acceptors (Lipinski definition) is 3. The normalized spacial score (nSPS) is 10.1. The van der Waals surface area contributed by atoms with Crippen LogP contribution in [-0.4, -0.2) is 17.1 Å². The van der Waals surface area contributed by atoms with Gasteiger partial charge in [-0.1, -0.05) is 12.1 Å². The lowest BCUT2D eigenvalue weighted by Gasteiger charge is -1.91. The van der Waals surface area contributed by atoms with Gasteiger partial charge in [0.2, 0.25) is 6.21 Å². The van der Waals surface area contributed by atoms with Gasteiger partial charge in [0.25, 0.3) is 11.6 Å². The lowest BCUT2D eigenvalue weighted by Crippen LogP contribution is -2.63. The average Bonchev–Trinajstić information content (AvgIpc) is 2.17. The van der Waals surface area contributed by atoms with Crippen LogP contribution in [0.25, 0.3) is 0 Å². The van der Waals surface area contributed by atoms with Crippen LogP contribution in [0, 0.1) is 10.1 Å². The maximum Gasteiger partial charge on any atom is 0.282 e. The number of nitrogens with two attached hydrogens (primary N) is 2. The Labute approximate surface area is 85.3 Å². The Morgan fingerprint density at radius 2 is 2.13 bits per heavy atom. The van der Waals surface area contributed by atoms with E-state index < -0.39 is 4.92 Å². The number of hydrazone groups is 1. The highest BCUT2D eigenvalue weighted by molar-refractivity contribution is 5.81. The molecule has 0 saturated heterocycles. The molecule has 1 rings (SSSR count). The molecule has 0 amide bonds. The van der Waals surface area contributed by atoms with E-state index in [2.05, 4.69) is 10.2 Å². The van der Waals surface area contributed by atoms with Crippen molar-refractivity contribution in [3.63, 3.8) is 0 Å². The maximum atomic E-state index is 10.6. The molecular formula is C8H10N5O2+. The summed E-state index contributed by atoms with van der Waals surface area (Å²) >= 11 is 0. The van der Waals surface area contributed by atoms with E-state index in [1.165, 1.54) is 12.3 Å². The molecule has 7 heteroatoms. The monoisotopic (exact) mass is 208 g/mol. The van der Waals surface area contributed by atoms with Crippen LogP contribution < -0.4 is 16.6 Å². The van der Waals surface area contributed by atoms with Crippen molar-refractivity contribution in [2.45, 2.75) is 0 Å². The van der Waals surface area contributed by atoms with Crippen LogP contribution in [-0.2, 0) is 0 Å². The maximum absolute atomic E-state index is 10.6. The third kappa shape index (κ3) is 3.07. The van der Waals surface area contributed by atoms with Gasteiger partial charge in [0, 0.05) is 11.2 Å². The first kappa shape index (κ1) is 10.6. The summed E-state index contributed by atoms with van der Waals surface area (Å²) in [6, 6.07) is 6.22. The van der Waals surface area contributed by atoms with Crippen molar-refractivity contribution >= 4 is 17.9 Å². The van der Waals surface area contributed by atoms with Gasteiger partial charge in [-0.2, -0.15) is 0 Å². The molecule has 0 unspecified atom stereocenters. The quantitative estimate of drug-likeness (QED) is 0.237. The summed E-state index contributed by atoms with van der Waals surface area (Å²) in [5.41, 5.74) is 10.5. The Morgan fingerprint density at radius 3 is 2.73 bits per heavy atom. The van der Waals surface area contributed by atoms with Gasteiger partial charge >= 0.3 is 0 Å². The fourth-order valence-electron chi connectivity index (χ4n) is 0.952. The van der Waals surface area contributed by atoms with Gasteiger partial charge in [0.05, 0.1) is 4.92 Å². The molecule has 0 atom stereocenters. The van der Waals surface area contributed by atoms with Gasteiger partial charge in [-0.05, 0) is 6.07 Å². The number of benzene rings is 1. The zero-order valence-corrected chi connectivity index (χ0v) is 7.75. The molecule has 0 aliphatic carbocycles. The zero-order valence-electron chi connectivity index (χ0n) is 7.75. The third-order valence-electron chi connectivity index (χ3n) is 1.55. The zero-order chi connectivity index (χ0) is 11.3. The van der Waals surface area contributed by atoms with Crippen LogP contribution in [0.2, 0.25) is 0 Å². The van der Waals surface area contributed by atoms with Gasteiger partial charge in [-0.3, -0.25) is 10.1 Å². The van der Waals surface area contributed by atoms with E-state index >= 15 is 0 Å². The summed E-state index contributed by atoms with van der Waals surface area (Å²) in [5, 5.41) is 16.5. The van der Waals surface area contributed by atoms with Crippen molar-refractivity contribution in [2.24, 2.45) is 16.6 Å². The minimum Gasteiger partial charge on any atom is -0.365 e. The SMILES string of the molecule is NC(N)=N[NH+]=Cc1ccccc1[N+](=O)[O-].